The van der Waals surface area contributed by atoms with Crippen molar-refractivity contribution < 1.29 is 0 Å². The van der Waals surface area contributed by atoms with Crippen LogP contribution in [-0.4, -0.2) is 31.4 Å². The van der Waals surface area contributed by atoms with Gasteiger partial charge in [-0.05, 0) is 0 Å². The van der Waals surface area contributed by atoms with Gasteiger partial charge in [-0.1, -0.05) is 0 Å². The molecule has 0 amide bonds. The van der Waals surface area contributed by atoms with Crippen LogP contribution in [0.15, 0.2) is 91.0 Å². The van der Waals surface area contributed by atoms with Gasteiger partial charge in [-0.25, -0.2) is 0 Å². The van der Waals surface area contributed by atoms with E-state index in [0.717, 1.165) is 0 Å². The second-order valence-corrected chi connectivity index (χ2v) is 14.2. The number of hydrogen-bond donors (Lipinski definition) is 0. The van der Waals surface area contributed by atoms with Crippen molar-refractivity contribution in [1.82, 2.24) is 3.86 Å². The van der Waals surface area contributed by atoms with E-state index in [-0.39, 0.29) is 0 Å². The Morgan fingerprint density at radius 2 is 0.773 bits per heavy atom. The van der Waals surface area contributed by atoms with Crippen molar-refractivity contribution in [2.45, 2.75) is 0 Å². The molecule has 0 N–H and O–H groups in total. The van der Waals surface area contributed by atoms with Crippen molar-refractivity contribution in [2.75, 3.05) is 14.1 Å². The van der Waals surface area contributed by atoms with E-state index < -0.39 is 13.5 Å². The van der Waals surface area contributed by atoms with Crippen molar-refractivity contribution in [3.8, 4) is 0 Å². The molecule has 3 aromatic carbocycles. The number of nitrogens with zero attached hydrogens (tertiary/aromatic N) is 1. The first-order valence-corrected chi connectivity index (χ1v) is 11.7. The summed E-state index contributed by atoms with van der Waals surface area (Å²) in [7, 11) is 4.46. The normalized spacial score (nSPS) is 11.6. The molecule has 22 heavy (non-hydrogen) atoms. The van der Waals surface area contributed by atoms with E-state index in [0.29, 0.717) is 0 Å². The van der Waals surface area contributed by atoms with Crippen molar-refractivity contribution in [3.05, 3.63) is 91.0 Å². The second-order valence-electron chi connectivity index (χ2n) is 5.70. The van der Waals surface area contributed by atoms with Gasteiger partial charge >= 0.3 is 136 Å². The summed E-state index contributed by atoms with van der Waals surface area (Å²) in [5.74, 6) is 0. The Balaban J connectivity index is 2.34. The molecule has 3 rings (SSSR count). The zero-order chi connectivity index (χ0) is 15.4. The van der Waals surface area contributed by atoms with Gasteiger partial charge in [-0.2, -0.15) is 0 Å². The van der Waals surface area contributed by atoms with Crippen LogP contribution in [0.2, 0.25) is 0 Å². The average molecular weight is 348 g/mol. The summed E-state index contributed by atoms with van der Waals surface area (Å²) in [5.41, 5.74) is 0. The van der Waals surface area contributed by atoms with Crippen LogP contribution in [0.5, 0.6) is 0 Å². The quantitative estimate of drug-likeness (QED) is 0.654. The van der Waals surface area contributed by atoms with Gasteiger partial charge in [0.25, 0.3) is 0 Å². The molecule has 2 heteroatoms. The van der Waals surface area contributed by atoms with Gasteiger partial charge in [0.2, 0.25) is 0 Å². The zero-order valence-electron chi connectivity index (χ0n) is 13.1. The molecule has 0 saturated heterocycles. The standard InChI is InChI=1S/C20H21GeN/c1-22(2)21(18-12-6-3-7-13-18,19-14-8-4-9-15-19)20-16-10-5-11-17-20/h3-17H,1-2H3. The molecule has 1 nitrogen and oxygen atoms in total. The predicted molar refractivity (Wildman–Crippen MR) is 97.7 cm³/mol. The summed E-state index contributed by atoms with van der Waals surface area (Å²) >= 11 is -2.83. The fourth-order valence-corrected chi connectivity index (χ4v) is 12.9. The Morgan fingerprint density at radius 1 is 0.500 bits per heavy atom. The van der Waals surface area contributed by atoms with Crippen LogP contribution in [0.4, 0.5) is 0 Å². The SMILES string of the molecule is C[N](C)[Ge]([c]1ccccc1)([c]1ccccc1)[c]1ccccc1. The number of benzene rings is 3. The molecule has 0 aliphatic rings. The summed E-state index contributed by atoms with van der Waals surface area (Å²) in [6.07, 6.45) is 0. The summed E-state index contributed by atoms with van der Waals surface area (Å²) in [6, 6.07) is 33.0. The van der Waals surface area contributed by atoms with Gasteiger partial charge in [0.05, 0.1) is 0 Å². The summed E-state index contributed by atoms with van der Waals surface area (Å²) in [5, 5.41) is 0. The first kappa shape index (κ1) is 15.1. The Kier molecular flexibility index (Phi) is 4.46. The van der Waals surface area contributed by atoms with Crippen LogP contribution in [0.1, 0.15) is 0 Å². The first-order chi connectivity index (χ1) is 10.8. The van der Waals surface area contributed by atoms with Gasteiger partial charge in [-0.15, -0.1) is 0 Å². The fraction of sp³-hybridized carbons (Fsp3) is 0.100. The Bertz CT molecular complexity index is 612. The molecule has 0 spiro atoms. The van der Waals surface area contributed by atoms with E-state index in [1.54, 1.807) is 0 Å². The van der Waals surface area contributed by atoms with Crippen molar-refractivity contribution in [1.29, 1.82) is 0 Å². The van der Waals surface area contributed by atoms with Crippen LogP contribution in [0.25, 0.3) is 0 Å². The summed E-state index contributed by atoms with van der Waals surface area (Å²) in [6.45, 7) is 0. The molecule has 0 bridgehead atoms. The number of hydrogen-bond acceptors (Lipinski definition) is 1. The van der Waals surface area contributed by atoms with E-state index in [9.17, 15) is 0 Å². The van der Waals surface area contributed by atoms with E-state index in [4.69, 9.17) is 0 Å². The first-order valence-electron chi connectivity index (χ1n) is 7.60. The maximum atomic E-state index is 2.49. The van der Waals surface area contributed by atoms with E-state index in [2.05, 4.69) is 109 Å². The fourth-order valence-electron chi connectivity index (χ4n) is 3.31. The van der Waals surface area contributed by atoms with E-state index in [1.165, 1.54) is 13.2 Å². The minimum atomic E-state index is -2.83. The molecule has 110 valence electrons. The monoisotopic (exact) mass is 349 g/mol. The molecule has 0 aliphatic carbocycles. The number of rotatable bonds is 4. The average Bonchev–Trinajstić information content (AvgIpc) is 2.58. The Labute approximate surface area is 135 Å². The van der Waals surface area contributed by atoms with Crippen LogP contribution >= 0.6 is 0 Å². The molecule has 3 aromatic rings. The van der Waals surface area contributed by atoms with E-state index >= 15 is 0 Å². The van der Waals surface area contributed by atoms with Crippen molar-refractivity contribution >= 4 is 26.7 Å². The summed E-state index contributed by atoms with van der Waals surface area (Å²) in [4.78, 5) is 0. The van der Waals surface area contributed by atoms with Gasteiger partial charge in [0.15, 0.2) is 0 Å². The molecule has 0 radical (unpaired) electrons. The molecular formula is C20H21GeN. The summed E-state index contributed by atoms with van der Waals surface area (Å²) < 4.78 is 6.87. The molecule has 0 aromatic heterocycles. The third kappa shape index (κ3) is 2.51. The molecular weight excluding hydrogens is 327 g/mol. The Hall–Kier alpha value is -1.84. The third-order valence-electron chi connectivity index (χ3n) is 4.25. The van der Waals surface area contributed by atoms with Crippen LogP contribution < -0.4 is 13.2 Å². The molecule has 0 unspecified atom stereocenters. The molecule has 0 heterocycles. The second kappa shape index (κ2) is 6.51. The molecule has 0 atom stereocenters. The molecule has 0 fully saturated rings. The molecule has 0 saturated carbocycles. The van der Waals surface area contributed by atoms with Gasteiger partial charge in [-0.3, -0.25) is 0 Å². The van der Waals surface area contributed by atoms with Gasteiger partial charge in [0, 0.05) is 0 Å². The van der Waals surface area contributed by atoms with Crippen LogP contribution in [0.3, 0.4) is 0 Å². The zero-order valence-corrected chi connectivity index (χ0v) is 15.2. The minimum absolute atomic E-state index is 1.46. The van der Waals surface area contributed by atoms with Crippen LogP contribution in [-0.2, 0) is 0 Å². The van der Waals surface area contributed by atoms with Gasteiger partial charge in [0.1, 0.15) is 0 Å². The Morgan fingerprint density at radius 3 is 1.00 bits per heavy atom. The van der Waals surface area contributed by atoms with Crippen LogP contribution in [0, 0.1) is 0 Å². The predicted octanol–water partition coefficient (Wildman–Crippen LogP) is 2.22. The van der Waals surface area contributed by atoms with E-state index in [1.807, 2.05) is 0 Å². The van der Waals surface area contributed by atoms with Gasteiger partial charge < -0.3 is 0 Å². The molecule has 0 aliphatic heterocycles. The third-order valence-corrected chi connectivity index (χ3v) is 14.4. The van der Waals surface area contributed by atoms with Crippen molar-refractivity contribution in [3.63, 3.8) is 0 Å². The van der Waals surface area contributed by atoms with Crippen molar-refractivity contribution in [2.24, 2.45) is 0 Å². The topological polar surface area (TPSA) is 3.24 Å². The maximum absolute atomic E-state index is 2.83.